The molecule has 54 heavy (non-hydrogen) atoms. The van der Waals surface area contributed by atoms with Gasteiger partial charge in [-0.05, 0) is 18.8 Å². The zero-order valence-electron chi connectivity index (χ0n) is 38.3. The fraction of sp³-hybridized carbons (Fsp3) is 0.962. The molecule has 0 aromatic heterocycles. The minimum atomic E-state index is 0.752. The SMILES string of the molecule is CCCCCCCCCCCCCCCCCCC(CCCCCCCCCCCCCCCCCC)CCCCC(CCCCCC)N1C=CN(C)C1. The smallest absolute Gasteiger partial charge is 0.0893 e. The molecule has 322 valence electrons. The molecule has 1 unspecified atom stereocenters. The van der Waals surface area contributed by atoms with Crippen LogP contribution < -0.4 is 0 Å². The van der Waals surface area contributed by atoms with E-state index in [2.05, 4.69) is 50.0 Å². The largest absolute Gasteiger partial charge is 0.362 e. The fourth-order valence-electron chi connectivity index (χ4n) is 9.28. The highest BCUT2D eigenvalue weighted by Crippen LogP contribution is 2.27. The maximum absolute atomic E-state index is 2.65. The quantitative estimate of drug-likeness (QED) is 0.0571. The van der Waals surface area contributed by atoms with Crippen molar-refractivity contribution in [1.29, 1.82) is 0 Å². The van der Waals surface area contributed by atoms with E-state index in [4.69, 9.17) is 0 Å². The topological polar surface area (TPSA) is 6.48 Å². The highest BCUT2D eigenvalue weighted by Gasteiger charge is 2.19. The summed E-state index contributed by atoms with van der Waals surface area (Å²) < 4.78 is 0. The Morgan fingerprint density at radius 2 is 0.556 bits per heavy atom. The lowest BCUT2D eigenvalue weighted by Gasteiger charge is -2.29. The van der Waals surface area contributed by atoms with E-state index in [9.17, 15) is 0 Å². The summed E-state index contributed by atoms with van der Waals surface area (Å²) in [5.41, 5.74) is 0. The second-order valence-electron chi connectivity index (χ2n) is 18.5. The Morgan fingerprint density at radius 3 is 0.852 bits per heavy atom. The van der Waals surface area contributed by atoms with Gasteiger partial charge in [-0.15, -0.1) is 0 Å². The number of hydrogen-bond donors (Lipinski definition) is 0. The van der Waals surface area contributed by atoms with Crippen LogP contribution in [0.15, 0.2) is 12.4 Å². The van der Waals surface area contributed by atoms with Crippen molar-refractivity contribution in [3.05, 3.63) is 12.4 Å². The monoisotopic (exact) mass is 757 g/mol. The molecule has 1 aliphatic heterocycles. The minimum Gasteiger partial charge on any atom is -0.362 e. The highest BCUT2D eigenvalue weighted by atomic mass is 15.3. The van der Waals surface area contributed by atoms with Gasteiger partial charge < -0.3 is 9.80 Å². The predicted molar refractivity (Wildman–Crippen MR) is 246 cm³/mol. The van der Waals surface area contributed by atoms with Crippen molar-refractivity contribution in [2.45, 2.75) is 303 Å². The lowest BCUT2D eigenvalue weighted by atomic mass is 9.89. The molecule has 0 aromatic rings. The van der Waals surface area contributed by atoms with Crippen molar-refractivity contribution in [1.82, 2.24) is 9.80 Å². The Morgan fingerprint density at radius 1 is 0.315 bits per heavy atom. The average Bonchev–Trinajstić information content (AvgIpc) is 3.62. The van der Waals surface area contributed by atoms with Gasteiger partial charge in [0.05, 0.1) is 6.67 Å². The van der Waals surface area contributed by atoms with Crippen molar-refractivity contribution >= 4 is 0 Å². The van der Waals surface area contributed by atoms with E-state index in [0.717, 1.165) is 18.6 Å². The first-order valence-electron chi connectivity index (χ1n) is 25.9. The molecule has 1 aliphatic rings. The van der Waals surface area contributed by atoms with Crippen molar-refractivity contribution in [3.8, 4) is 0 Å². The van der Waals surface area contributed by atoms with Crippen molar-refractivity contribution in [2.24, 2.45) is 5.92 Å². The molecule has 0 saturated carbocycles. The third-order valence-corrected chi connectivity index (χ3v) is 13.1. The Balaban J connectivity index is 2.24. The van der Waals surface area contributed by atoms with E-state index >= 15 is 0 Å². The first kappa shape index (κ1) is 51.4. The van der Waals surface area contributed by atoms with E-state index in [0.29, 0.717) is 0 Å². The molecule has 0 bridgehead atoms. The molecule has 1 atom stereocenters. The molecular formula is C52H104N2. The number of nitrogens with zero attached hydrogens (tertiary/aromatic N) is 2. The van der Waals surface area contributed by atoms with E-state index in [1.54, 1.807) is 0 Å². The van der Waals surface area contributed by atoms with Crippen LogP contribution in [0.5, 0.6) is 0 Å². The second-order valence-corrected chi connectivity index (χ2v) is 18.5. The molecule has 0 saturated heterocycles. The van der Waals surface area contributed by atoms with Gasteiger partial charge >= 0.3 is 0 Å². The van der Waals surface area contributed by atoms with Crippen LogP contribution in [0.25, 0.3) is 0 Å². The van der Waals surface area contributed by atoms with Crippen molar-refractivity contribution in [2.75, 3.05) is 13.7 Å². The summed E-state index contributed by atoms with van der Waals surface area (Å²) >= 11 is 0. The van der Waals surface area contributed by atoms with Crippen molar-refractivity contribution in [3.63, 3.8) is 0 Å². The summed E-state index contributed by atoms with van der Waals surface area (Å²) in [5, 5.41) is 0. The lowest BCUT2D eigenvalue weighted by molar-refractivity contribution is 0.202. The molecule has 1 rings (SSSR count). The number of hydrogen-bond acceptors (Lipinski definition) is 2. The molecule has 2 nitrogen and oxygen atoms in total. The standard InChI is InChI=1S/C52H104N2/c1-5-8-11-14-16-18-20-22-24-26-28-30-32-34-36-38-43-51(44-39-37-35-33-31-29-27-25-23-21-19-17-15-12-9-6-2)45-41-42-47-52(46-40-13-10-7-3)54-49-48-53(4)50-54/h48-49,51-52H,5-47,50H2,1-4H3. The Bertz CT molecular complexity index is 696. The third-order valence-electron chi connectivity index (χ3n) is 13.1. The lowest BCUT2D eigenvalue weighted by Crippen LogP contribution is -2.33. The summed E-state index contributed by atoms with van der Waals surface area (Å²) in [4.78, 5) is 5.00. The zero-order valence-corrected chi connectivity index (χ0v) is 38.3. The number of rotatable bonds is 45. The van der Waals surface area contributed by atoms with Gasteiger partial charge in [0.15, 0.2) is 0 Å². The van der Waals surface area contributed by atoms with Gasteiger partial charge in [-0.1, -0.05) is 284 Å². The fourth-order valence-corrected chi connectivity index (χ4v) is 9.28. The maximum Gasteiger partial charge on any atom is 0.0893 e. The van der Waals surface area contributed by atoms with Crippen LogP contribution in [0.4, 0.5) is 0 Å². The molecular weight excluding hydrogens is 653 g/mol. The summed E-state index contributed by atoms with van der Waals surface area (Å²) in [5.74, 6) is 0.990. The van der Waals surface area contributed by atoms with Crippen LogP contribution in [-0.2, 0) is 0 Å². The molecule has 0 amide bonds. The van der Waals surface area contributed by atoms with Crippen LogP contribution in [0.2, 0.25) is 0 Å². The third kappa shape index (κ3) is 34.6. The van der Waals surface area contributed by atoms with E-state index in [1.165, 1.54) is 276 Å². The summed E-state index contributed by atoms with van der Waals surface area (Å²) in [7, 11) is 2.23. The molecule has 0 fully saturated rings. The number of unbranched alkanes of at least 4 members (excludes halogenated alkanes) is 34. The van der Waals surface area contributed by atoms with Gasteiger partial charge in [0, 0.05) is 25.5 Å². The predicted octanol–water partition coefficient (Wildman–Crippen LogP) is 18.5. The van der Waals surface area contributed by atoms with Crippen LogP contribution in [0, 0.1) is 5.92 Å². The maximum atomic E-state index is 2.65. The summed E-state index contributed by atoms with van der Waals surface area (Å²) in [6.07, 6.45) is 67.6. The Labute approximate surface area is 343 Å². The molecule has 0 radical (unpaired) electrons. The Kier molecular flexibility index (Phi) is 39.9. The molecule has 2 heteroatoms. The highest BCUT2D eigenvalue weighted by molar-refractivity contribution is 4.92. The zero-order chi connectivity index (χ0) is 38.8. The van der Waals surface area contributed by atoms with Gasteiger partial charge in [-0.25, -0.2) is 0 Å². The van der Waals surface area contributed by atoms with Crippen LogP contribution >= 0.6 is 0 Å². The van der Waals surface area contributed by atoms with Gasteiger partial charge in [0.1, 0.15) is 0 Å². The normalized spacial score (nSPS) is 13.6. The molecule has 1 heterocycles. The van der Waals surface area contributed by atoms with Gasteiger partial charge in [0.25, 0.3) is 0 Å². The van der Waals surface area contributed by atoms with Crippen LogP contribution in [-0.4, -0.2) is 29.6 Å². The van der Waals surface area contributed by atoms with Crippen LogP contribution in [0.3, 0.4) is 0 Å². The first-order chi connectivity index (χ1) is 26.7. The molecule has 0 aliphatic carbocycles. The summed E-state index contributed by atoms with van der Waals surface area (Å²) in [6, 6.07) is 0.752. The van der Waals surface area contributed by atoms with Gasteiger partial charge in [-0.3, -0.25) is 0 Å². The first-order valence-corrected chi connectivity index (χ1v) is 25.9. The van der Waals surface area contributed by atoms with E-state index in [1.807, 2.05) is 0 Å². The van der Waals surface area contributed by atoms with Gasteiger partial charge in [0.2, 0.25) is 0 Å². The molecule has 0 spiro atoms. The van der Waals surface area contributed by atoms with E-state index in [-0.39, 0.29) is 0 Å². The van der Waals surface area contributed by atoms with Crippen molar-refractivity contribution < 1.29 is 0 Å². The molecule has 0 aromatic carbocycles. The van der Waals surface area contributed by atoms with Crippen LogP contribution in [0.1, 0.15) is 297 Å². The summed E-state index contributed by atoms with van der Waals surface area (Å²) in [6.45, 7) is 8.07. The Hall–Kier alpha value is -0.660. The minimum absolute atomic E-state index is 0.752. The van der Waals surface area contributed by atoms with E-state index < -0.39 is 0 Å². The average molecular weight is 757 g/mol. The van der Waals surface area contributed by atoms with Gasteiger partial charge in [-0.2, -0.15) is 0 Å². The molecule has 0 N–H and O–H groups in total. The second kappa shape index (κ2) is 42.0.